The molecule has 0 spiro atoms. The summed E-state index contributed by atoms with van der Waals surface area (Å²) in [6, 6.07) is 8.95. The second-order valence-electron chi connectivity index (χ2n) is 7.90. The first kappa shape index (κ1) is 20.6. The Morgan fingerprint density at radius 1 is 1.14 bits per heavy atom. The summed E-state index contributed by atoms with van der Waals surface area (Å²) in [5.74, 6) is -0.457. The van der Waals surface area contributed by atoms with Crippen LogP contribution in [0.1, 0.15) is 32.9 Å². The zero-order chi connectivity index (χ0) is 21.4. The number of anilines is 1. The van der Waals surface area contributed by atoms with Gasteiger partial charge in [-0.25, -0.2) is 9.97 Å². The molecule has 3 aromatic rings. The zero-order valence-electron chi connectivity index (χ0n) is 16.5. The van der Waals surface area contributed by atoms with Gasteiger partial charge in [-0.15, -0.1) is 13.2 Å². The average molecular weight is 406 g/mol. The van der Waals surface area contributed by atoms with Crippen LogP contribution in [0, 0.1) is 12.3 Å². The van der Waals surface area contributed by atoms with Crippen LogP contribution < -0.4 is 10.1 Å². The van der Waals surface area contributed by atoms with Gasteiger partial charge < -0.3 is 4.74 Å². The molecule has 0 saturated heterocycles. The molecule has 0 aliphatic rings. The normalized spacial score (nSPS) is 12.2. The molecule has 0 atom stereocenters. The lowest BCUT2D eigenvalue weighted by Crippen LogP contribution is -2.21. The molecule has 1 aromatic carbocycles. The van der Waals surface area contributed by atoms with E-state index in [0.29, 0.717) is 22.5 Å². The number of nitrogens with one attached hydrogen (secondary N) is 1. The Bertz CT molecular complexity index is 1050. The van der Waals surface area contributed by atoms with Crippen LogP contribution in [-0.4, -0.2) is 26.8 Å². The van der Waals surface area contributed by atoms with Gasteiger partial charge in [0.2, 0.25) is 11.9 Å². The van der Waals surface area contributed by atoms with Gasteiger partial charge in [-0.2, -0.15) is 0 Å². The molecule has 6 nitrogen and oxygen atoms in total. The molecule has 2 aromatic heterocycles. The molecule has 0 aliphatic heterocycles. The number of rotatable bonds is 4. The first-order valence-corrected chi connectivity index (χ1v) is 8.93. The fourth-order valence-electron chi connectivity index (χ4n) is 2.85. The number of benzene rings is 1. The summed E-state index contributed by atoms with van der Waals surface area (Å²) in [4.78, 5) is 21.3. The molecule has 3 rings (SSSR count). The van der Waals surface area contributed by atoms with Crippen molar-refractivity contribution in [1.82, 2.24) is 14.5 Å². The van der Waals surface area contributed by atoms with E-state index in [1.54, 1.807) is 25.1 Å². The number of carbonyl (C=O) groups is 1. The Balaban J connectivity index is 2.09. The van der Waals surface area contributed by atoms with Gasteiger partial charge in [0, 0.05) is 18.2 Å². The van der Waals surface area contributed by atoms with Gasteiger partial charge >= 0.3 is 6.36 Å². The summed E-state index contributed by atoms with van der Waals surface area (Å²) in [6.45, 7) is 7.58. The smallest absolute Gasteiger partial charge is 0.406 e. The van der Waals surface area contributed by atoms with Crippen LogP contribution in [-0.2, 0) is 4.79 Å². The molecule has 0 saturated carbocycles. The first-order chi connectivity index (χ1) is 13.4. The number of hydrogen-bond donors (Lipinski definition) is 1. The largest absolute Gasteiger partial charge is 0.573 e. The molecule has 2 heterocycles. The van der Waals surface area contributed by atoms with Crippen molar-refractivity contribution in [3.8, 4) is 11.4 Å². The highest BCUT2D eigenvalue weighted by atomic mass is 19.4. The monoisotopic (exact) mass is 406 g/mol. The van der Waals surface area contributed by atoms with Gasteiger partial charge in [-0.3, -0.25) is 14.7 Å². The Hall–Kier alpha value is -3.10. The Labute approximate surface area is 165 Å². The van der Waals surface area contributed by atoms with Crippen LogP contribution in [0.4, 0.5) is 19.1 Å². The standard InChI is InChI=1S/C20H21F3N4O2/c1-12-8-9-15-17(24-12)27(18(25-15)26-16(28)11-19(2,3)4)13-6-5-7-14(10-13)29-20(21,22)23/h5-10H,11H2,1-4H3,(H,25,26,28). The molecule has 1 amide bonds. The highest BCUT2D eigenvalue weighted by molar-refractivity contribution is 5.92. The lowest BCUT2D eigenvalue weighted by molar-refractivity contribution is -0.274. The summed E-state index contributed by atoms with van der Waals surface area (Å²) in [6.07, 6.45) is -4.56. The van der Waals surface area contributed by atoms with Crippen LogP contribution in [0.2, 0.25) is 0 Å². The molecule has 0 bridgehead atoms. The van der Waals surface area contributed by atoms with E-state index in [4.69, 9.17) is 0 Å². The number of imidazole rings is 1. The van der Waals surface area contributed by atoms with Crippen molar-refractivity contribution < 1.29 is 22.7 Å². The quantitative estimate of drug-likeness (QED) is 0.662. The van der Waals surface area contributed by atoms with Crippen LogP contribution in [0.5, 0.6) is 5.75 Å². The third kappa shape index (κ3) is 5.24. The molecular formula is C20H21F3N4O2. The van der Waals surface area contributed by atoms with Crippen LogP contribution in [0.3, 0.4) is 0 Å². The van der Waals surface area contributed by atoms with Gasteiger partial charge in [-0.05, 0) is 36.6 Å². The molecule has 29 heavy (non-hydrogen) atoms. The number of hydrogen-bond acceptors (Lipinski definition) is 4. The number of alkyl halides is 3. The van der Waals surface area contributed by atoms with Crippen molar-refractivity contribution in [3.63, 3.8) is 0 Å². The van der Waals surface area contributed by atoms with E-state index in [0.717, 1.165) is 0 Å². The Kier molecular flexibility index (Phi) is 5.25. The maximum Gasteiger partial charge on any atom is 0.573 e. The van der Waals surface area contributed by atoms with Crippen molar-refractivity contribution >= 4 is 23.0 Å². The van der Waals surface area contributed by atoms with Crippen LogP contribution >= 0.6 is 0 Å². The van der Waals surface area contributed by atoms with Gasteiger partial charge in [0.15, 0.2) is 5.65 Å². The number of ether oxygens (including phenoxy) is 1. The second-order valence-corrected chi connectivity index (χ2v) is 7.90. The molecule has 0 fully saturated rings. The molecule has 9 heteroatoms. The van der Waals surface area contributed by atoms with E-state index in [2.05, 4.69) is 20.0 Å². The van der Waals surface area contributed by atoms with Crippen molar-refractivity contribution in [3.05, 3.63) is 42.1 Å². The second kappa shape index (κ2) is 7.38. The van der Waals surface area contributed by atoms with E-state index in [1.165, 1.54) is 22.8 Å². The van der Waals surface area contributed by atoms with Gasteiger partial charge in [0.1, 0.15) is 11.3 Å². The number of pyridine rings is 1. The minimum absolute atomic E-state index is 0.177. The van der Waals surface area contributed by atoms with Gasteiger partial charge in [0.25, 0.3) is 0 Å². The van der Waals surface area contributed by atoms with Gasteiger partial charge in [-0.1, -0.05) is 26.8 Å². The van der Waals surface area contributed by atoms with Crippen LogP contribution in [0.25, 0.3) is 16.9 Å². The third-order valence-electron chi connectivity index (χ3n) is 3.90. The molecular weight excluding hydrogens is 385 g/mol. The van der Waals surface area contributed by atoms with E-state index in [9.17, 15) is 18.0 Å². The van der Waals surface area contributed by atoms with Gasteiger partial charge in [0.05, 0.1) is 5.69 Å². The number of carbonyl (C=O) groups excluding carboxylic acids is 1. The number of aryl methyl sites for hydroxylation is 1. The summed E-state index contributed by atoms with van der Waals surface area (Å²) < 4.78 is 43.4. The molecule has 0 aliphatic carbocycles. The number of amides is 1. The van der Waals surface area contributed by atoms with Crippen LogP contribution in [0.15, 0.2) is 36.4 Å². The third-order valence-corrected chi connectivity index (χ3v) is 3.90. The number of nitrogens with zero attached hydrogens (tertiary/aromatic N) is 3. The van der Waals surface area contributed by atoms with Crippen molar-refractivity contribution in [2.24, 2.45) is 5.41 Å². The highest BCUT2D eigenvalue weighted by Gasteiger charge is 2.31. The number of fused-ring (bicyclic) bond motifs is 1. The zero-order valence-corrected chi connectivity index (χ0v) is 16.5. The maximum absolute atomic E-state index is 12.6. The minimum Gasteiger partial charge on any atom is -0.406 e. The SMILES string of the molecule is Cc1ccc2nc(NC(=O)CC(C)(C)C)n(-c3cccc(OC(F)(F)F)c3)c2n1. The molecule has 0 unspecified atom stereocenters. The predicted octanol–water partition coefficient (Wildman–Crippen LogP) is 5.00. The Morgan fingerprint density at radius 2 is 1.86 bits per heavy atom. The number of halogens is 3. The maximum atomic E-state index is 12.6. The lowest BCUT2D eigenvalue weighted by Gasteiger charge is -2.17. The predicted molar refractivity (Wildman–Crippen MR) is 103 cm³/mol. The average Bonchev–Trinajstić information content (AvgIpc) is 2.88. The summed E-state index contributed by atoms with van der Waals surface area (Å²) in [5, 5.41) is 2.75. The van der Waals surface area contributed by atoms with E-state index in [1.807, 2.05) is 20.8 Å². The molecule has 1 N–H and O–H groups in total. The lowest BCUT2D eigenvalue weighted by atomic mass is 9.92. The molecule has 154 valence electrons. The Morgan fingerprint density at radius 3 is 2.52 bits per heavy atom. The number of aromatic nitrogens is 3. The van der Waals surface area contributed by atoms with Crippen molar-refractivity contribution in [2.45, 2.75) is 40.5 Å². The topological polar surface area (TPSA) is 69.0 Å². The minimum atomic E-state index is -4.81. The van der Waals surface area contributed by atoms with Crippen molar-refractivity contribution in [2.75, 3.05) is 5.32 Å². The first-order valence-electron chi connectivity index (χ1n) is 8.93. The van der Waals surface area contributed by atoms with E-state index >= 15 is 0 Å². The van der Waals surface area contributed by atoms with Crippen molar-refractivity contribution in [1.29, 1.82) is 0 Å². The van der Waals surface area contributed by atoms with E-state index < -0.39 is 6.36 Å². The summed E-state index contributed by atoms with van der Waals surface area (Å²) in [5.41, 5.74) is 1.72. The fourth-order valence-corrected chi connectivity index (χ4v) is 2.85. The fraction of sp³-hybridized carbons (Fsp3) is 0.350. The summed E-state index contributed by atoms with van der Waals surface area (Å²) >= 11 is 0. The van der Waals surface area contributed by atoms with E-state index in [-0.39, 0.29) is 29.4 Å². The summed E-state index contributed by atoms with van der Waals surface area (Å²) in [7, 11) is 0. The molecule has 0 radical (unpaired) electrons. The highest BCUT2D eigenvalue weighted by Crippen LogP contribution is 2.29.